The largest absolute Gasteiger partial charge is 0.375 e. The van der Waals surface area contributed by atoms with E-state index in [0.717, 1.165) is 11.1 Å². The summed E-state index contributed by atoms with van der Waals surface area (Å²) in [6.07, 6.45) is 3.07. The summed E-state index contributed by atoms with van der Waals surface area (Å²) in [5.74, 6) is 0. The van der Waals surface area contributed by atoms with Crippen LogP contribution in [-0.4, -0.2) is 13.5 Å². The molecule has 1 N–H and O–H groups in total. The molecule has 1 unspecified atom stereocenters. The Morgan fingerprint density at radius 2 is 1.55 bits per heavy atom. The predicted molar refractivity (Wildman–Crippen MR) is 116 cm³/mol. The molecule has 0 fully saturated rings. The Kier molecular flexibility index (Phi) is 4.65. The molecule has 0 radical (unpaired) electrons. The summed E-state index contributed by atoms with van der Waals surface area (Å²) in [6.45, 7) is 5.70. The normalized spacial score (nSPS) is 19.9. The number of fused-ring (bicyclic) bond motifs is 1. The average molecular weight is 404 g/mol. The van der Waals surface area contributed by atoms with Gasteiger partial charge in [-0.05, 0) is 42.8 Å². The Bertz CT molecular complexity index is 1200. The number of para-hydroxylation sites is 1. The van der Waals surface area contributed by atoms with Crippen LogP contribution in [0.25, 0.3) is 6.08 Å². The summed E-state index contributed by atoms with van der Waals surface area (Å²) < 4.78 is 28.5. The van der Waals surface area contributed by atoms with E-state index in [2.05, 4.69) is 6.58 Å². The SMILES string of the molecule is C=CC1(O)/C(=C\c2ccccc2)N(S(=O)(=O)c2ccc(C)cc2)c2ccccc21. The van der Waals surface area contributed by atoms with Crippen LogP contribution in [0, 0.1) is 6.92 Å². The summed E-state index contributed by atoms with van der Waals surface area (Å²) in [6, 6.07) is 22.9. The van der Waals surface area contributed by atoms with Crippen LogP contribution in [-0.2, 0) is 15.6 Å². The Hall–Kier alpha value is -3.15. The molecular weight excluding hydrogens is 382 g/mol. The van der Waals surface area contributed by atoms with E-state index < -0.39 is 15.6 Å². The van der Waals surface area contributed by atoms with Gasteiger partial charge in [0.1, 0.15) is 0 Å². The monoisotopic (exact) mass is 403 g/mol. The summed E-state index contributed by atoms with van der Waals surface area (Å²) in [7, 11) is -3.96. The molecule has 0 saturated carbocycles. The van der Waals surface area contributed by atoms with Crippen LogP contribution < -0.4 is 4.31 Å². The van der Waals surface area contributed by atoms with Gasteiger partial charge in [0.15, 0.2) is 5.60 Å². The molecule has 146 valence electrons. The molecule has 0 bridgehead atoms. The lowest BCUT2D eigenvalue weighted by atomic mass is 9.92. The predicted octanol–water partition coefficient (Wildman–Crippen LogP) is 4.62. The first kappa shape index (κ1) is 19.2. The second kappa shape index (κ2) is 7.03. The van der Waals surface area contributed by atoms with Crippen LogP contribution in [0.4, 0.5) is 5.69 Å². The summed E-state index contributed by atoms with van der Waals surface area (Å²) in [5.41, 5.74) is 1.23. The fraction of sp³-hybridized carbons (Fsp3) is 0.0833. The van der Waals surface area contributed by atoms with Gasteiger partial charge in [0, 0.05) is 5.56 Å². The van der Waals surface area contributed by atoms with Crippen molar-refractivity contribution in [1.82, 2.24) is 0 Å². The third-order valence-corrected chi connectivity index (χ3v) is 6.84. The molecule has 1 heterocycles. The van der Waals surface area contributed by atoms with Gasteiger partial charge in [-0.1, -0.05) is 72.8 Å². The van der Waals surface area contributed by atoms with E-state index in [4.69, 9.17) is 0 Å². The van der Waals surface area contributed by atoms with Gasteiger partial charge in [-0.25, -0.2) is 12.7 Å². The molecule has 5 heteroatoms. The second-order valence-electron chi connectivity index (χ2n) is 7.01. The van der Waals surface area contributed by atoms with Crippen LogP contribution in [0.15, 0.2) is 102 Å². The van der Waals surface area contributed by atoms with Gasteiger partial charge < -0.3 is 5.11 Å². The minimum absolute atomic E-state index is 0.158. The maximum absolute atomic E-state index is 13.7. The van der Waals surface area contributed by atoms with Crippen molar-refractivity contribution in [2.75, 3.05) is 4.31 Å². The zero-order chi connectivity index (χ0) is 20.6. The lowest BCUT2D eigenvalue weighted by Crippen LogP contribution is -2.33. The minimum atomic E-state index is -3.96. The fourth-order valence-corrected chi connectivity index (χ4v) is 5.12. The number of sulfonamides is 1. The number of aryl methyl sites for hydroxylation is 1. The summed E-state index contributed by atoms with van der Waals surface area (Å²) in [4.78, 5) is 0.158. The maximum atomic E-state index is 13.7. The molecule has 3 aromatic rings. The molecule has 0 saturated heterocycles. The first-order valence-electron chi connectivity index (χ1n) is 9.22. The van der Waals surface area contributed by atoms with Gasteiger partial charge in [0.05, 0.1) is 16.3 Å². The number of benzene rings is 3. The first-order valence-corrected chi connectivity index (χ1v) is 10.7. The number of hydrogen-bond acceptors (Lipinski definition) is 3. The number of nitrogens with zero attached hydrogens (tertiary/aromatic N) is 1. The molecule has 1 atom stereocenters. The van der Waals surface area contributed by atoms with E-state index in [9.17, 15) is 13.5 Å². The van der Waals surface area contributed by atoms with E-state index in [0.29, 0.717) is 11.3 Å². The van der Waals surface area contributed by atoms with Crippen molar-refractivity contribution in [1.29, 1.82) is 0 Å². The number of aliphatic hydroxyl groups is 1. The van der Waals surface area contributed by atoms with Crippen molar-refractivity contribution in [2.45, 2.75) is 17.4 Å². The van der Waals surface area contributed by atoms with Crippen LogP contribution in [0.1, 0.15) is 16.7 Å². The highest BCUT2D eigenvalue weighted by molar-refractivity contribution is 7.93. The summed E-state index contributed by atoms with van der Waals surface area (Å²) >= 11 is 0. The van der Waals surface area contributed by atoms with Crippen molar-refractivity contribution in [3.63, 3.8) is 0 Å². The minimum Gasteiger partial charge on any atom is -0.375 e. The van der Waals surface area contributed by atoms with Gasteiger partial charge >= 0.3 is 0 Å². The van der Waals surface area contributed by atoms with Crippen LogP contribution in [0.3, 0.4) is 0 Å². The molecule has 0 aromatic heterocycles. The van der Waals surface area contributed by atoms with Crippen molar-refractivity contribution >= 4 is 21.8 Å². The molecular formula is C24H21NO3S. The summed E-state index contributed by atoms with van der Waals surface area (Å²) in [5, 5.41) is 11.5. The maximum Gasteiger partial charge on any atom is 0.268 e. The molecule has 1 aliphatic rings. The van der Waals surface area contributed by atoms with E-state index >= 15 is 0 Å². The lowest BCUT2D eigenvalue weighted by molar-refractivity contribution is 0.138. The highest BCUT2D eigenvalue weighted by atomic mass is 32.2. The number of hydrogen-bond donors (Lipinski definition) is 1. The third-order valence-electron chi connectivity index (χ3n) is 5.10. The highest BCUT2D eigenvalue weighted by Crippen LogP contribution is 2.50. The third kappa shape index (κ3) is 3.09. The van der Waals surface area contributed by atoms with E-state index in [1.807, 2.05) is 37.3 Å². The van der Waals surface area contributed by atoms with Crippen molar-refractivity contribution in [3.8, 4) is 0 Å². The average Bonchev–Trinajstić information content (AvgIpc) is 2.99. The van der Waals surface area contributed by atoms with E-state index in [1.54, 1.807) is 54.6 Å². The lowest BCUT2D eigenvalue weighted by Gasteiger charge is -2.26. The quantitative estimate of drug-likeness (QED) is 0.647. The topological polar surface area (TPSA) is 57.6 Å². The van der Waals surface area contributed by atoms with Gasteiger partial charge in [-0.15, -0.1) is 0 Å². The van der Waals surface area contributed by atoms with E-state index in [1.165, 1.54) is 10.4 Å². The molecule has 4 nitrogen and oxygen atoms in total. The highest BCUT2D eigenvalue weighted by Gasteiger charge is 2.48. The Balaban J connectivity index is 2.00. The van der Waals surface area contributed by atoms with Crippen molar-refractivity contribution < 1.29 is 13.5 Å². The standard InChI is InChI=1S/C24H21NO3S/c1-3-24(26)21-11-7-8-12-22(21)25(23(24)17-19-9-5-4-6-10-19)29(27,28)20-15-13-18(2)14-16-20/h3-17,26H,1H2,2H3/b23-17+. The van der Waals surface area contributed by atoms with Gasteiger partial charge in [0.2, 0.25) is 0 Å². The number of anilines is 1. The first-order chi connectivity index (χ1) is 13.9. The molecule has 29 heavy (non-hydrogen) atoms. The molecule has 3 aromatic carbocycles. The molecule has 0 aliphatic carbocycles. The molecule has 4 rings (SSSR count). The van der Waals surface area contributed by atoms with Gasteiger partial charge in [-0.3, -0.25) is 0 Å². The fourth-order valence-electron chi connectivity index (χ4n) is 3.56. The number of rotatable bonds is 4. The van der Waals surface area contributed by atoms with Gasteiger partial charge in [-0.2, -0.15) is 0 Å². The van der Waals surface area contributed by atoms with Crippen molar-refractivity contribution in [2.24, 2.45) is 0 Å². The Labute approximate surface area is 171 Å². The Morgan fingerprint density at radius 1 is 0.931 bits per heavy atom. The van der Waals surface area contributed by atoms with E-state index in [-0.39, 0.29) is 10.6 Å². The van der Waals surface area contributed by atoms with Crippen LogP contribution in [0.2, 0.25) is 0 Å². The second-order valence-corrected chi connectivity index (χ2v) is 8.80. The van der Waals surface area contributed by atoms with Gasteiger partial charge in [0.25, 0.3) is 10.0 Å². The van der Waals surface area contributed by atoms with Crippen molar-refractivity contribution in [3.05, 3.63) is 114 Å². The zero-order valence-corrected chi connectivity index (χ0v) is 16.8. The molecule has 1 aliphatic heterocycles. The zero-order valence-electron chi connectivity index (χ0n) is 16.0. The van der Waals surface area contributed by atoms with Crippen LogP contribution >= 0.6 is 0 Å². The Morgan fingerprint density at radius 3 is 2.21 bits per heavy atom. The van der Waals surface area contributed by atoms with Crippen LogP contribution in [0.5, 0.6) is 0 Å². The molecule has 0 amide bonds. The smallest absolute Gasteiger partial charge is 0.268 e. The molecule has 0 spiro atoms.